The Morgan fingerprint density at radius 1 is 1.00 bits per heavy atom. The zero-order valence-corrected chi connectivity index (χ0v) is 19.1. The molecule has 0 unspecified atom stereocenters. The van der Waals surface area contributed by atoms with E-state index in [0.717, 1.165) is 6.42 Å². The number of nitrogens with one attached hydrogen (secondary N) is 4. The van der Waals surface area contributed by atoms with E-state index in [1.165, 1.54) is 5.56 Å². The molecule has 0 bridgehead atoms. The van der Waals surface area contributed by atoms with Crippen molar-refractivity contribution in [1.82, 2.24) is 21.3 Å². The predicted octanol–water partition coefficient (Wildman–Crippen LogP) is 2.20. The van der Waals surface area contributed by atoms with Crippen LogP contribution >= 0.6 is 0 Å². The van der Waals surface area contributed by atoms with Crippen LogP contribution in [0.2, 0.25) is 0 Å². The van der Waals surface area contributed by atoms with Crippen molar-refractivity contribution in [2.24, 2.45) is 4.99 Å². The van der Waals surface area contributed by atoms with Gasteiger partial charge in [-0.2, -0.15) is 0 Å². The largest absolute Gasteiger partial charge is 0.444 e. The van der Waals surface area contributed by atoms with Crippen molar-refractivity contribution < 1.29 is 14.3 Å². The van der Waals surface area contributed by atoms with E-state index in [-0.39, 0.29) is 12.5 Å². The van der Waals surface area contributed by atoms with E-state index in [1.807, 2.05) is 71.9 Å². The Morgan fingerprint density at radius 3 is 2.27 bits per heavy atom. The third kappa shape index (κ3) is 11.9. The minimum atomic E-state index is -0.573. The van der Waals surface area contributed by atoms with E-state index in [1.54, 1.807) is 0 Å². The average Bonchev–Trinajstić information content (AvgIpc) is 2.63. The first kappa shape index (κ1) is 25.3. The standard InChI is InChI=1S/C22H37N5O3/c1-7-23-19(26-16-22(5,6)27-20(29)30-21(2,3)4)25-15-18(28)24-14-13-17-11-9-8-10-12-17/h8-12H,7,13-16H2,1-6H3,(H,24,28)(H,27,29)(H2,23,25,26). The van der Waals surface area contributed by atoms with Crippen LogP contribution in [0.4, 0.5) is 4.79 Å². The second-order valence-electron chi connectivity index (χ2n) is 8.65. The number of nitrogens with zero attached hydrogens (tertiary/aromatic N) is 1. The van der Waals surface area contributed by atoms with Crippen molar-refractivity contribution in [2.45, 2.75) is 59.1 Å². The zero-order chi connectivity index (χ0) is 22.6. The van der Waals surface area contributed by atoms with Gasteiger partial charge in [-0.1, -0.05) is 30.3 Å². The van der Waals surface area contributed by atoms with Crippen molar-refractivity contribution >= 4 is 18.0 Å². The molecule has 0 aromatic heterocycles. The van der Waals surface area contributed by atoms with Gasteiger partial charge in [-0.3, -0.25) is 4.79 Å². The minimum absolute atomic E-state index is 0.0179. The van der Waals surface area contributed by atoms with Gasteiger partial charge in [0.05, 0.1) is 5.54 Å². The molecular weight excluding hydrogens is 382 g/mol. The number of aliphatic imine (C=N–C) groups is 1. The lowest BCUT2D eigenvalue weighted by Gasteiger charge is -2.29. The van der Waals surface area contributed by atoms with Crippen molar-refractivity contribution in [3.8, 4) is 0 Å². The van der Waals surface area contributed by atoms with Crippen LogP contribution in [0, 0.1) is 0 Å². The van der Waals surface area contributed by atoms with Gasteiger partial charge in [0, 0.05) is 19.6 Å². The van der Waals surface area contributed by atoms with Crippen LogP contribution in [0.1, 0.15) is 47.1 Å². The zero-order valence-electron chi connectivity index (χ0n) is 19.1. The first-order valence-electron chi connectivity index (χ1n) is 10.3. The summed E-state index contributed by atoms with van der Waals surface area (Å²) in [4.78, 5) is 28.4. The maximum atomic E-state index is 12.1. The molecule has 8 nitrogen and oxygen atoms in total. The van der Waals surface area contributed by atoms with E-state index in [2.05, 4.69) is 26.3 Å². The van der Waals surface area contributed by atoms with E-state index < -0.39 is 17.2 Å². The van der Waals surface area contributed by atoms with Crippen molar-refractivity contribution in [3.63, 3.8) is 0 Å². The lowest BCUT2D eigenvalue weighted by atomic mass is 10.1. The van der Waals surface area contributed by atoms with Gasteiger partial charge in [0.25, 0.3) is 0 Å². The van der Waals surface area contributed by atoms with Crippen LogP contribution in [0.5, 0.6) is 0 Å². The molecule has 0 aliphatic rings. The highest BCUT2D eigenvalue weighted by Gasteiger charge is 2.24. The monoisotopic (exact) mass is 419 g/mol. The predicted molar refractivity (Wildman–Crippen MR) is 121 cm³/mol. The van der Waals surface area contributed by atoms with Crippen LogP contribution in [0.3, 0.4) is 0 Å². The minimum Gasteiger partial charge on any atom is -0.444 e. The molecule has 2 amide bonds. The third-order valence-corrected chi connectivity index (χ3v) is 3.84. The van der Waals surface area contributed by atoms with E-state index in [0.29, 0.717) is 25.6 Å². The second kappa shape index (κ2) is 12.0. The number of guanidine groups is 1. The van der Waals surface area contributed by atoms with Gasteiger partial charge < -0.3 is 26.0 Å². The SMILES string of the molecule is CCNC(=NCC(=O)NCCc1ccccc1)NCC(C)(C)NC(=O)OC(C)(C)C. The fourth-order valence-corrected chi connectivity index (χ4v) is 2.47. The fourth-order valence-electron chi connectivity index (χ4n) is 2.47. The molecule has 0 atom stereocenters. The number of ether oxygens (including phenoxy) is 1. The Balaban J connectivity index is 2.46. The number of hydrogen-bond acceptors (Lipinski definition) is 4. The molecule has 30 heavy (non-hydrogen) atoms. The summed E-state index contributed by atoms with van der Waals surface area (Å²) in [5.41, 5.74) is 0.0462. The number of benzene rings is 1. The van der Waals surface area contributed by atoms with Crippen LogP contribution in [-0.2, 0) is 16.0 Å². The summed E-state index contributed by atoms with van der Waals surface area (Å²) in [6.45, 7) is 12.8. The highest BCUT2D eigenvalue weighted by Crippen LogP contribution is 2.09. The number of hydrogen-bond donors (Lipinski definition) is 4. The fraction of sp³-hybridized carbons (Fsp3) is 0.591. The molecule has 1 rings (SSSR count). The summed E-state index contributed by atoms with van der Waals surface area (Å²) in [5, 5.41) is 12.0. The molecule has 4 N–H and O–H groups in total. The molecule has 0 spiro atoms. The summed E-state index contributed by atoms with van der Waals surface area (Å²) in [6.07, 6.45) is 0.299. The summed E-state index contributed by atoms with van der Waals surface area (Å²) >= 11 is 0. The Kier molecular flexibility index (Phi) is 10.1. The highest BCUT2D eigenvalue weighted by atomic mass is 16.6. The van der Waals surface area contributed by atoms with Gasteiger partial charge in [-0.05, 0) is 53.5 Å². The van der Waals surface area contributed by atoms with E-state index in [9.17, 15) is 9.59 Å². The first-order valence-corrected chi connectivity index (χ1v) is 10.3. The number of amides is 2. The Hall–Kier alpha value is -2.77. The molecule has 168 valence electrons. The van der Waals surface area contributed by atoms with Gasteiger partial charge in [0.2, 0.25) is 5.91 Å². The summed E-state index contributed by atoms with van der Waals surface area (Å²) in [6, 6.07) is 10.00. The lowest BCUT2D eigenvalue weighted by molar-refractivity contribution is -0.119. The van der Waals surface area contributed by atoms with Crippen molar-refractivity contribution in [1.29, 1.82) is 0 Å². The summed E-state index contributed by atoms with van der Waals surface area (Å²) in [7, 11) is 0. The molecule has 0 saturated carbocycles. The number of carbonyl (C=O) groups excluding carboxylic acids is 2. The summed E-state index contributed by atoms with van der Waals surface area (Å²) < 4.78 is 5.30. The molecule has 0 fully saturated rings. The van der Waals surface area contributed by atoms with E-state index in [4.69, 9.17) is 4.74 Å². The quantitative estimate of drug-likeness (QED) is 0.363. The smallest absolute Gasteiger partial charge is 0.408 e. The molecule has 0 saturated heterocycles. The van der Waals surface area contributed by atoms with Gasteiger partial charge in [0.15, 0.2) is 5.96 Å². The van der Waals surface area contributed by atoms with Gasteiger partial charge in [-0.15, -0.1) is 0 Å². The first-order chi connectivity index (χ1) is 14.0. The molecular formula is C22H37N5O3. The van der Waals surface area contributed by atoms with Crippen molar-refractivity contribution in [3.05, 3.63) is 35.9 Å². The third-order valence-electron chi connectivity index (χ3n) is 3.84. The number of alkyl carbamates (subject to hydrolysis) is 1. The Morgan fingerprint density at radius 2 is 1.67 bits per heavy atom. The van der Waals surface area contributed by atoms with Gasteiger partial charge in [-0.25, -0.2) is 9.79 Å². The van der Waals surface area contributed by atoms with E-state index >= 15 is 0 Å². The maximum absolute atomic E-state index is 12.1. The van der Waals surface area contributed by atoms with Crippen molar-refractivity contribution in [2.75, 3.05) is 26.2 Å². The molecule has 1 aromatic carbocycles. The summed E-state index contributed by atoms with van der Waals surface area (Å²) in [5.74, 6) is 0.365. The highest BCUT2D eigenvalue weighted by molar-refractivity contribution is 5.85. The molecule has 8 heteroatoms. The second-order valence-corrected chi connectivity index (χ2v) is 8.65. The Labute approximate surface area is 180 Å². The van der Waals surface area contributed by atoms with Gasteiger partial charge in [0.1, 0.15) is 12.1 Å². The average molecular weight is 420 g/mol. The van der Waals surface area contributed by atoms with Crippen LogP contribution in [-0.4, -0.2) is 55.3 Å². The molecule has 1 aromatic rings. The molecule has 0 heterocycles. The topological polar surface area (TPSA) is 104 Å². The molecule has 0 radical (unpaired) electrons. The van der Waals surface area contributed by atoms with Crippen LogP contribution in [0.25, 0.3) is 0 Å². The Bertz CT molecular complexity index is 696. The molecule has 0 aliphatic carbocycles. The number of rotatable bonds is 9. The van der Waals surface area contributed by atoms with Crippen LogP contribution in [0.15, 0.2) is 35.3 Å². The van der Waals surface area contributed by atoms with Gasteiger partial charge >= 0.3 is 6.09 Å². The molecule has 0 aliphatic heterocycles. The lowest BCUT2D eigenvalue weighted by Crippen LogP contribution is -2.54. The van der Waals surface area contributed by atoms with Crippen LogP contribution < -0.4 is 21.3 Å². The normalized spacial score (nSPS) is 12.1. The maximum Gasteiger partial charge on any atom is 0.408 e. The number of carbonyl (C=O) groups is 2.